The smallest absolute Gasteiger partial charge is 0.432 e. The van der Waals surface area contributed by atoms with Crippen LogP contribution in [0.15, 0.2) is 122 Å². The van der Waals surface area contributed by atoms with Gasteiger partial charge in [0.1, 0.15) is 5.54 Å². The first-order valence-electron chi connectivity index (χ1n) is 15.4. The van der Waals surface area contributed by atoms with E-state index in [2.05, 4.69) is 58.8 Å². The highest BCUT2D eigenvalue weighted by Crippen LogP contribution is 2.44. The number of anilines is 1. The number of carbonyl (C=O) groups is 2. The number of amides is 1. The van der Waals surface area contributed by atoms with Crippen LogP contribution in [0.1, 0.15) is 29.5 Å². The van der Waals surface area contributed by atoms with Crippen LogP contribution in [-0.4, -0.2) is 61.7 Å². The minimum atomic E-state index is -1.16. The maximum absolute atomic E-state index is 13.8. The van der Waals surface area contributed by atoms with Crippen LogP contribution in [0.2, 0.25) is 0 Å². The summed E-state index contributed by atoms with van der Waals surface area (Å²) >= 11 is 0. The lowest BCUT2D eigenvalue weighted by molar-refractivity contribution is -0.121. The fraction of sp³-hybridized carbons (Fsp3) is 0.189. The van der Waals surface area contributed by atoms with Gasteiger partial charge in [-0.3, -0.25) is 4.79 Å². The van der Waals surface area contributed by atoms with E-state index < -0.39 is 11.6 Å². The number of aromatic nitrogens is 4. The molecular weight excluding hydrogens is 576 g/mol. The quantitative estimate of drug-likeness (QED) is 0.199. The van der Waals surface area contributed by atoms with E-state index in [-0.39, 0.29) is 11.8 Å². The van der Waals surface area contributed by atoms with Crippen molar-refractivity contribution in [3.8, 4) is 11.1 Å². The number of piperidine rings is 1. The van der Waals surface area contributed by atoms with Crippen LogP contribution in [-0.2, 0) is 10.3 Å². The standard InChI is InChI=1S/C37H34N6O3/c1-41-21-19-26(20-22-41)35(44)39-34-32-23-27(28-24-38-42(25-28)36(45)46)17-18-33(32)43(40-34)37(29-11-5-2-6-12-29,30-13-7-3-8-14-30)31-15-9-4-10-16-31/h2-18,23-26H,19-22H2,1H3,(H,45,46)(H,39,40,44). The van der Waals surface area contributed by atoms with Gasteiger partial charge in [0.05, 0.1) is 11.7 Å². The van der Waals surface area contributed by atoms with Gasteiger partial charge in [-0.05, 0) is 67.4 Å². The third kappa shape index (κ3) is 5.14. The molecule has 0 spiro atoms. The van der Waals surface area contributed by atoms with E-state index in [9.17, 15) is 14.7 Å². The van der Waals surface area contributed by atoms with Crippen LogP contribution < -0.4 is 5.32 Å². The van der Waals surface area contributed by atoms with Gasteiger partial charge in [-0.25, -0.2) is 9.48 Å². The number of hydrogen-bond acceptors (Lipinski definition) is 5. The van der Waals surface area contributed by atoms with Gasteiger partial charge >= 0.3 is 6.09 Å². The molecule has 6 aromatic rings. The van der Waals surface area contributed by atoms with E-state index >= 15 is 0 Å². The van der Waals surface area contributed by atoms with Crippen molar-refractivity contribution in [2.24, 2.45) is 5.92 Å². The monoisotopic (exact) mass is 610 g/mol. The van der Waals surface area contributed by atoms with Gasteiger partial charge < -0.3 is 15.3 Å². The largest absolute Gasteiger partial charge is 0.463 e. The molecule has 0 aliphatic carbocycles. The molecule has 2 N–H and O–H groups in total. The molecule has 1 fully saturated rings. The second-order valence-electron chi connectivity index (χ2n) is 11.8. The molecular formula is C37H34N6O3. The molecule has 7 rings (SSSR count). The molecule has 230 valence electrons. The SMILES string of the molecule is CN1CCC(C(=O)Nc2nn(C(c3ccccc3)(c3ccccc3)c3ccccc3)c3ccc(-c4cnn(C(=O)O)c4)cc23)CC1. The van der Waals surface area contributed by atoms with Crippen molar-refractivity contribution in [3.63, 3.8) is 0 Å². The zero-order valence-corrected chi connectivity index (χ0v) is 25.5. The van der Waals surface area contributed by atoms with Gasteiger partial charge in [-0.15, -0.1) is 0 Å². The Bertz CT molecular complexity index is 1900. The number of nitrogens with zero attached hydrogens (tertiary/aromatic N) is 5. The van der Waals surface area contributed by atoms with Crippen LogP contribution in [0.25, 0.3) is 22.0 Å². The summed E-state index contributed by atoms with van der Waals surface area (Å²) in [6, 6.07) is 36.7. The predicted octanol–water partition coefficient (Wildman–Crippen LogP) is 6.55. The fourth-order valence-electron chi connectivity index (χ4n) is 6.62. The first-order chi connectivity index (χ1) is 22.4. The molecule has 0 saturated carbocycles. The van der Waals surface area contributed by atoms with Gasteiger partial charge in [-0.1, -0.05) is 97.1 Å². The Morgan fingerprint density at radius 1 is 0.804 bits per heavy atom. The number of carbonyl (C=O) groups excluding carboxylic acids is 1. The number of hydrogen-bond donors (Lipinski definition) is 2. The molecule has 1 amide bonds. The van der Waals surface area contributed by atoms with Crippen LogP contribution >= 0.6 is 0 Å². The van der Waals surface area contributed by atoms with E-state index in [0.717, 1.165) is 63.8 Å². The van der Waals surface area contributed by atoms with E-state index in [1.807, 2.05) is 77.5 Å². The lowest BCUT2D eigenvalue weighted by atomic mass is 9.77. The third-order valence-corrected chi connectivity index (χ3v) is 9.02. The van der Waals surface area contributed by atoms with E-state index in [4.69, 9.17) is 5.10 Å². The van der Waals surface area contributed by atoms with Crippen LogP contribution in [0, 0.1) is 5.92 Å². The molecule has 4 aromatic carbocycles. The molecule has 2 aromatic heterocycles. The highest BCUT2D eigenvalue weighted by atomic mass is 16.4. The van der Waals surface area contributed by atoms with Gasteiger partial charge in [0.15, 0.2) is 5.82 Å². The molecule has 0 radical (unpaired) electrons. The molecule has 9 heteroatoms. The number of likely N-dealkylation sites (tertiary alicyclic amines) is 1. The van der Waals surface area contributed by atoms with E-state index in [1.165, 1.54) is 12.4 Å². The minimum absolute atomic E-state index is 0.0477. The molecule has 9 nitrogen and oxygen atoms in total. The molecule has 0 atom stereocenters. The maximum Gasteiger partial charge on any atom is 0.432 e. The molecule has 0 bridgehead atoms. The molecule has 1 aliphatic heterocycles. The Hall–Kier alpha value is -5.54. The number of nitrogens with one attached hydrogen (secondary N) is 1. The highest BCUT2D eigenvalue weighted by Gasteiger charge is 2.41. The Balaban J connectivity index is 1.48. The normalized spacial score (nSPS) is 14.4. The lowest BCUT2D eigenvalue weighted by Gasteiger charge is -2.37. The van der Waals surface area contributed by atoms with Crippen LogP contribution in [0.5, 0.6) is 0 Å². The first kappa shape index (κ1) is 29.2. The average Bonchev–Trinajstić information content (AvgIpc) is 3.73. The first-order valence-corrected chi connectivity index (χ1v) is 15.4. The number of rotatable bonds is 7. The van der Waals surface area contributed by atoms with Crippen molar-refractivity contribution in [1.82, 2.24) is 24.5 Å². The van der Waals surface area contributed by atoms with Crippen LogP contribution in [0.4, 0.5) is 10.6 Å². The Morgan fingerprint density at radius 2 is 1.37 bits per heavy atom. The van der Waals surface area contributed by atoms with E-state index in [0.29, 0.717) is 11.4 Å². The zero-order valence-electron chi connectivity index (χ0n) is 25.5. The number of carboxylic acid groups (broad SMARTS) is 1. The van der Waals surface area contributed by atoms with Crippen molar-refractivity contribution < 1.29 is 14.7 Å². The molecule has 1 aliphatic rings. The summed E-state index contributed by atoms with van der Waals surface area (Å²) < 4.78 is 2.91. The summed E-state index contributed by atoms with van der Waals surface area (Å²) in [4.78, 5) is 27.6. The summed E-state index contributed by atoms with van der Waals surface area (Å²) in [6.07, 6.45) is 3.40. The topological polar surface area (TPSA) is 105 Å². The second kappa shape index (κ2) is 12.1. The predicted molar refractivity (Wildman–Crippen MR) is 178 cm³/mol. The Morgan fingerprint density at radius 3 is 1.89 bits per heavy atom. The van der Waals surface area contributed by atoms with Crippen molar-refractivity contribution in [3.05, 3.63) is 138 Å². The zero-order chi connectivity index (χ0) is 31.7. The van der Waals surface area contributed by atoms with Gasteiger partial charge in [0, 0.05) is 23.1 Å². The van der Waals surface area contributed by atoms with Crippen LogP contribution in [0.3, 0.4) is 0 Å². The van der Waals surface area contributed by atoms with Crippen molar-refractivity contribution in [2.45, 2.75) is 18.4 Å². The molecule has 1 saturated heterocycles. The third-order valence-electron chi connectivity index (χ3n) is 9.02. The van der Waals surface area contributed by atoms with Gasteiger partial charge in [0.2, 0.25) is 5.91 Å². The summed E-state index contributed by atoms with van der Waals surface area (Å²) in [5.74, 6) is 0.294. The molecule has 3 heterocycles. The highest BCUT2D eigenvalue weighted by molar-refractivity contribution is 6.02. The van der Waals surface area contributed by atoms with Crippen molar-refractivity contribution in [1.29, 1.82) is 0 Å². The number of benzene rings is 4. The minimum Gasteiger partial charge on any atom is -0.463 e. The Labute approximate surface area is 266 Å². The summed E-state index contributed by atoms with van der Waals surface area (Å²) in [5, 5.41) is 22.7. The summed E-state index contributed by atoms with van der Waals surface area (Å²) in [7, 11) is 2.08. The second-order valence-corrected chi connectivity index (χ2v) is 11.8. The maximum atomic E-state index is 13.8. The molecule has 46 heavy (non-hydrogen) atoms. The summed E-state index contributed by atoms with van der Waals surface area (Å²) in [6.45, 7) is 1.73. The average molecular weight is 611 g/mol. The van der Waals surface area contributed by atoms with Crippen molar-refractivity contribution >= 4 is 28.7 Å². The van der Waals surface area contributed by atoms with Gasteiger partial charge in [-0.2, -0.15) is 14.9 Å². The molecule has 0 unspecified atom stereocenters. The fourth-order valence-corrected chi connectivity index (χ4v) is 6.62. The summed E-state index contributed by atoms with van der Waals surface area (Å²) in [5.41, 5.74) is 4.35. The lowest BCUT2D eigenvalue weighted by Crippen LogP contribution is -2.39. The number of fused-ring (bicyclic) bond motifs is 1. The van der Waals surface area contributed by atoms with E-state index in [1.54, 1.807) is 0 Å². The Kier molecular flexibility index (Phi) is 7.68. The van der Waals surface area contributed by atoms with Gasteiger partial charge in [0.25, 0.3) is 0 Å². The van der Waals surface area contributed by atoms with Crippen molar-refractivity contribution in [2.75, 3.05) is 25.5 Å².